The number of hydrogen-bond donors (Lipinski definition) is 2. The first kappa shape index (κ1) is 13.8. The zero-order chi connectivity index (χ0) is 13.2. The molecule has 0 aromatic rings. The number of carboxylic acid groups (broad SMARTS) is 1. The lowest BCUT2D eigenvalue weighted by atomic mass is 9.92. The van der Waals surface area contributed by atoms with Crippen LogP contribution in [0.15, 0.2) is 0 Å². The molecule has 1 atom stereocenters. The maximum atomic E-state index is 11.5. The topological polar surface area (TPSA) is 52.6 Å². The van der Waals surface area contributed by atoms with Crippen molar-refractivity contribution in [2.24, 2.45) is 0 Å². The lowest BCUT2D eigenvalue weighted by Gasteiger charge is -2.37. The van der Waals surface area contributed by atoms with E-state index in [-0.39, 0.29) is 0 Å². The minimum Gasteiger partial charge on any atom is -0.480 e. The highest BCUT2D eigenvalue weighted by Crippen LogP contribution is 2.26. The van der Waals surface area contributed by atoms with Crippen molar-refractivity contribution >= 4 is 5.97 Å². The van der Waals surface area contributed by atoms with Crippen molar-refractivity contribution < 1.29 is 9.90 Å². The fraction of sp³-hybridized carbons (Fsp3) is 0.929. The summed E-state index contributed by atoms with van der Waals surface area (Å²) in [5.74, 6) is -0.725. The number of rotatable bonds is 6. The van der Waals surface area contributed by atoms with Gasteiger partial charge < -0.3 is 10.0 Å². The van der Waals surface area contributed by atoms with Gasteiger partial charge in [-0.05, 0) is 39.7 Å². The van der Waals surface area contributed by atoms with Crippen LogP contribution in [0.2, 0.25) is 0 Å². The minimum atomic E-state index is -0.798. The van der Waals surface area contributed by atoms with Crippen molar-refractivity contribution in [1.29, 1.82) is 0 Å². The van der Waals surface area contributed by atoms with Crippen LogP contribution < -0.4 is 5.32 Å². The summed E-state index contributed by atoms with van der Waals surface area (Å²) < 4.78 is 0. The zero-order valence-electron chi connectivity index (χ0n) is 11.6. The Bertz CT molecular complexity index is 298. The van der Waals surface area contributed by atoms with E-state index in [0.29, 0.717) is 18.6 Å². The van der Waals surface area contributed by atoms with E-state index in [9.17, 15) is 9.90 Å². The van der Waals surface area contributed by atoms with Crippen LogP contribution >= 0.6 is 0 Å². The number of hydrogen-bond acceptors (Lipinski definition) is 3. The highest BCUT2D eigenvalue weighted by atomic mass is 16.4. The Morgan fingerprint density at radius 1 is 1.28 bits per heavy atom. The molecule has 2 saturated carbocycles. The largest absolute Gasteiger partial charge is 0.480 e. The molecule has 0 aromatic heterocycles. The van der Waals surface area contributed by atoms with Gasteiger partial charge in [-0.15, -0.1) is 0 Å². The molecule has 104 valence electrons. The fourth-order valence-electron chi connectivity index (χ4n) is 3.00. The molecule has 0 heterocycles. The molecule has 0 spiro atoms. The Hall–Kier alpha value is -0.610. The maximum absolute atomic E-state index is 11.5. The highest BCUT2D eigenvalue weighted by molar-refractivity contribution is 5.78. The smallest absolute Gasteiger partial charge is 0.324 e. The van der Waals surface area contributed by atoms with E-state index >= 15 is 0 Å². The van der Waals surface area contributed by atoms with Gasteiger partial charge in [0.15, 0.2) is 0 Å². The first-order valence-electron chi connectivity index (χ1n) is 7.22. The van der Waals surface area contributed by atoms with Crippen LogP contribution in [-0.2, 0) is 4.79 Å². The number of nitrogens with one attached hydrogen (secondary N) is 1. The average molecular weight is 254 g/mol. The summed E-state index contributed by atoms with van der Waals surface area (Å²) in [7, 11) is 2.08. The molecule has 0 radical (unpaired) electrons. The van der Waals surface area contributed by atoms with Crippen LogP contribution in [-0.4, -0.2) is 47.2 Å². The SMILES string of the molecule is CN(CC(C)(NC1CC1)C(=O)O)C1CCCCC1. The molecule has 1 unspecified atom stereocenters. The third kappa shape index (κ3) is 3.45. The summed E-state index contributed by atoms with van der Waals surface area (Å²) in [6, 6.07) is 0.990. The van der Waals surface area contributed by atoms with Gasteiger partial charge in [-0.2, -0.15) is 0 Å². The molecule has 0 bridgehead atoms. The second kappa shape index (κ2) is 5.57. The number of aliphatic carboxylic acids is 1. The second-order valence-electron chi connectivity index (χ2n) is 6.26. The minimum absolute atomic E-state index is 0.422. The lowest BCUT2D eigenvalue weighted by Crippen LogP contribution is -2.58. The Balaban J connectivity index is 1.91. The van der Waals surface area contributed by atoms with Gasteiger partial charge in [0.1, 0.15) is 5.54 Å². The molecular weight excluding hydrogens is 228 g/mol. The quantitative estimate of drug-likeness (QED) is 0.759. The van der Waals surface area contributed by atoms with E-state index in [4.69, 9.17) is 0 Å². The van der Waals surface area contributed by atoms with Crippen LogP contribution in [0.4, 0.5) is 0 Å². The standard InChI is InChI=1S/C14H26N2O2/c1-14(13(17)18,15-11-8-9-11)10-16(2)12-6-4-3-5-7-12/h11-12,15H,3-10H2,1-2H3,(H,17,18). The summed E-state index contributed by atoms with van der Waals surface area (Å²) in [6.45, 7) is 2.43. The van der Waals surface area contributed by atoms with Gasteiger partial charge in [0.25, 0.3) is 0 Å². The highest BCUT2D eigenvalue weighted by Gasteiger charge is 2.40. The van der Waals surface area contributed by atoms with Gasteiger partial charge in [-0.3, -0.25) is 10.1 Å². The van der Waals surface area contributed by atoms with Crippen molar-refractivity contribution in [2.75, 3.05) is 13.6 Å². The van der Waals surface area contributed by atoms with E-state index in [2.05, 4.69) is 17.3 Å². The summed E-state index contributed by atoms with van der Waals surface area (Å²) >= 11 is 0. The van der Waals surface area contributed by atoms with Gasteiger partial charge in [-0.25, -0.2) is 0 Å². The van der Waals surface area contributed by atoms with E-state index < -0.39 is 11.5 Å². The number of nitrogens with zero attached hydrogens (tertiary/aromatic N) is 1. The first-order valence-corrected chi connectivity index (χ1v) is 7.22. The summed E-state index contributed by atoms with van der Waals surface area (Å²) in [5.41, 5.74) is -0.798. The van der Waals surface area contributed by atoms with Gasteiger partial charge in [-0.1, -0.05) is 19.3 Å². The third-order valence-electron chi connectivity index (χ3n) is 4.34. The molecular formula is C14H26N2O2. The number of likely N-dealkylation sites (N-methyl/N-ethyl adjacent to an activating group) is 1. The van der Waals surface area contributed by atoms with Crippen molar-refractivity contribution in [3.8, 4) is 0 Å². The number of carboxylic acids is 1. The van der Waals surface area contributed by atoms with Crippen LogP contribution in [0.25, 0.3) is 0 Å². The van der Waals surface area contributed by atoms with Gasteiger partial charge in [0.05, 0.1) is 0 Å². The molecule has 18 heavy (non-hydrogen) atoms. The Morgan fingerprint density at radius 3 is 2.39 bits per heavy atom. The average Bonchev–Trinajstić information content (AvgIpc) is 3.13. The zero-order valence-corrected chi connectivity index (χ0v) is 11.6. The summed E-state index contributed by atoms with van der Waals surface area (Å²) in [6.07, 6.45) is 8.59. The molecule has 0 saturated heterocycles. The van der Waals surface area contributed by atoms with Crippen molar-refractivity contribution in [1.82, 2.24) is 10.2 Å². The van der Waals surface area contributed by atoms with Gasteiger partial charge in [0.2, 0.25) is 0 Å². The Morgan fingerprint density at radius 2 is 1.89 bits per heavy atom. The van der Waals surface area contributed by atoms with Crippen molar-refractivity contribution in [2.45, 2.75) is 69.5 Å². The van der Waals surface area contributed by atoms with E-state index in [1.54, 1.807) is 0 Å². The molecule has 2 fully saturated rings. The van der Waals surface area contributed by atoms with Crippen molar-refractivity contribution in [3.05, 3.63) is 0 Å². The molecule has 0 aliphatic heterocycles. The molecule has 4 heteroatoms. The third-order valence-corrected chi connectivity index (χ3v) is 4.34. The summed E-state index contributed by atoms with van der Waals surface area (Å²) in [4.78, 5) is 13.8. The Labute approximate surface area is 110 Å². The molecule has 2 aliphatic carbocycles. The fourth-order valence-corrected chi connectivity index (χ4v) is 3.00. The van der Waals surface area contributed by atoms with Crippen LogP contribution in [0.1, 0.15) is 51.9 Å². The van der Waals surface area contributed by atoms with Crippen LogP contribution in [0.5, 0.6) is 0 Å². The molecule has 4 nitrogen and oxygen atoms in total. The maximum Gasteiger partial charge on any atom is 0.324 e. The normalized spacial score (nSPS) is 25.1. The van der Waals surface area contributed by atoms with E-state index in [1.807, 2.05) is 6.92 Å². The van der Waals surface area contributed by atoms with Crippen LogP contribution in [0.3, 0.4) is 0 Å². The molecule has 0 aromatic carbocycles. The Kier molecular flexibility index (Phi) is 4.28. The van der Waals surface area contributed by atoms with Gasteiger partial charge >= 0.3 is 5.97 Å². The molecule has 2 rings (SSSR count). The first-order chi connectivity index (χ1) is 8.51. The monoisotopic (exact) mass is 254 g/mol. The lowest BCUT2D eigenvalue weighted by molar-refractivity contribution is -0.145. The second-order valence-corrected chi connectivity index (χ2v) is 6.26. The van der Waals surface area contributed by atoms with Crippen molar-refractivity contribution in [3.63, 3.8) is 0 Å². The van der Waals surface area contributed by atoms with Gasteiger partial charge in [0, 0.05) is 18.6 Å². The summed E-state index contributed by atoms with van der Waals surface area (Å²) in [5, 5.41) is 12.8. The molecule has 2 N–H and O–H groups in total. The molecule has 2 aliphatic rings. The predicted molar refractivity (Wildman–Crippen MR) is 71.7 cm³/mol. The predicted octanol–water partition coefficient (Wildman–Crippen LogP) is 1.85. The van der Waals surface area contributed by atoms with E-state index in [1.165, 1.54) is 32.1 Å². The van der Waals surface area contributed by atoms with E-state index in [0.717, 1.165) is 12.8 Å². The molecule has 0 amide bonds. The number of carbonyl (C=O) groups is 1. The van der Waals surface area contributed by atoms with Crippen LogP contribution in [0, 0.1) is 0 Å².